The first kappa shape index (κ1) is 21.3. The minimum Gasteiger partial charge on any atom is -0.481 e. The average molecular weight is 333 g/mol. The molecule has 0 bridgehead atoms. The van der Waals surface area contributed by atoms with Gasteiger partial charge in [0, 0.05) is 12.8 Å². The van der Waals surface area contributed by atoms with Gasteiger partial charge in [0.1, 0.15) is 6.10 Å². The second kappa shape index (κ2) is 15.2. The van der Waals surface area contributed by atoms with Crippen LogP contribution >= 0.6 is 12.6 Å². The van der Waals surface area contributed by atoms with Crippen LogP contribution in [0.2, 0.25) is 0 Å². The van der Waals surface area contributed by atoms with Crippen molar-refractivity contribution in [2.75, 3.05) is 5.75 Å². The monoisotopic (exact) mass is 332 g/mol. The van der Waals surface area contributed by atoms with E-state index < -0.39 is 5.97 Å². The lowest BCUT2D eigenvalue weighted by Crippen LogP contribution is -2.18. The maximum atomic E-state index is 11.8. The second-order valence-electron chi connectivity index (χ2n) is 5.78. The zero-order valence-electron chi connectivity index (χ0n) is 13.9. The van der Waals surface area contributed by atoms with Crippen molar-refractivity contribution in [1.82, 2.24) is 0 Å². The zero-order chi connectivity index (χ0) is 16.6. The molecule has 0 aliphatic heterocycles. The van der Waals surface area contributed by atoms with Crippen molar-refractivity contribution in [3.05, 3.63) is 0 Å². The molecule has 1 N–H and O–H groups in total. The molecular weight excluding hydrogens is 300 g/mol. The molecule has 1 atom stereocenters. The van der Waals surface area contributed by atoms with Gasteiger partial charge in [-0.2, -0.15) is 12.6 Å². The van der Waals surface area contributed by atoms with Crippen LogP contribution in [0, 0.1) is 0 Å². The van der Waals surface area contributed by atoms with Gasteiger partial charge in [0.2, 0.25) is 0 Å². The van der Waals surface area contributed by atoms with Crippen LogP contribution in [0.25, 0.3) is 0 Å². The standard InChI is InChI=1S/C17H32O4S/c1-2-3-7-10-15(13-14-22)21-17(20)12-9-6-4-5-8-11-16(18)19/h15,22H,2-14H2,1H3,(H,18,19). The maximum absolute atomic E-state index is 11.8. The van der Waals surface area contributed by atoms with Crippen LogP contribution in [0.4, 0.5) is 0 Å². The van der Waals surface area contributed by atoms with Gasteiger partial charge in [-0.3, -0.25) is 9.59 Å². The van der Waals surface area contributed by atoms with Crippen molar-refractivity contribution < 1.29 is 19.4 Å². The molecule has 0 fully saturated rings. The van der Waals surface area contributed by atoms with E-state index in [-0.39, 0.29) is 18.5 Å². The summed E-state index contributed by atoms with van der Waals surface area (Å²) < 4.78 is 5.53. The molecule has 1 unspecified atom stereocenters. The van der Waals surface area contributed by atoms with Crippen molar-refractivity contribution in [3.63, 3.8) is 0 Å². The Balaban J connectivity index is 3.64. The molecule has 0 aliphatic carbocycles. The SMILES string of the molecule is CCCCCC(CCS)OC(=O)CCCCCCCC(=O)O. The van der Waals surface area contributed by atoms with E-state index in [4.69, 9.17) is 9.84 Å². The first-order valence-electron chi connectivity index (χ1n) is 8.62. The molecule has 0 rings (SSSR count). The number of thiol groups is 1. The van der Waals surface area contributed by atoms with Gasteiger partial charge in [-0.15, -0.1) is 0 Å². The number of unbranched alkanes of at least 4 members (excludes halogenated alkanes) is 6. The zero-order valence-corrected chi connectivity index (χ0v) is 14.8. The summed E-state index contributed by atoms with van der Waals surface area (Å²) in [6.07, 6.45) is 10.4. The molecular formula is C17H32O4S. The normalized spacial score (nSPS) is 12.1. The predicted molar refractivity (Wildman–Crippen MR) is 92.4 cm³/mol. The molecule has 0 radical (unpaired) electrons. The minimum absolute atomic E-state index is 0.0205. The number of carbonyl (C=O) groups excluding carboxylic acids is 1. The number of carboxylic acids is 1. The number of esters is 1. The molecule has 0 aromatic carbocycles. The van der Waals surface area contributed by atoms with Gasteiger partial charge in [-0.1, -0.05) is 39.0 Å². The lowest BCUT2D eigenvalue weighted by Gasteiger charge is -2.17. The van der Waals surface area contributed by atoms with Crippen molar-refractivity contribution in [2.45, 2.75) is 90.1 Å². The summed E-state index contributed by atoms with van der Waals surface area (Å²) in [6.45, 7) is 2.16. The number of aliphatic carboxylic acids is 1. The van der Waals surface area contributed by atoms with Crippen LogP contribution in [0.1, 0.15) is 84.0 Å². The van der Waals surface area contributed by atoms with Crippen molar-refractivity contribution >= 4 is 24.6 Å². The smallest absolute Gasteiger partial charge is 0.306 e. The highest BCUT2D eigenvalue weighted by Gasteiger charge is 2.13. The first-order valence-corrected chi connectivity index (χ1v) is 9.25. The van der Waals surface area contributed by atoms with Crippen LogP contribution in [-0.4, -0.2) is 28.9 Å². The van der Waals surface area contributed by atoms with Crippen molar-refractivity contribution in [3.8, 4) is 0 Å². The molecule has 0 heterocycles. The Morgan fingerprint density at radius 1 is 0.955 bits per heavy atom. The van der Waals surface area contributed by atoms with Crippen LogP contribution in [0.5, 0.6) is 0 Å². The predicted octanol–water partition coefficient (Wildman–Crippen LogP) is 4.61. The summed E-state index contributed by atoms with van der Waals surface area (Å²) in [5.41, 5.74) is 0. The number of carboxylic acid groups (broad SMARTS) is 1. The molecule has 5 heteroatoms. The fraction of sp³-hybridized carbons (Fsp3) is 0.882. The molecule has 0 aromatic rings. The van der Waals surface area contributed by atoms with Gasteiger partial charge in [0.05, 0.1) is 0 Å². The van der Waals surface area contributed by atoms with Gasteiger partial charge < -0.3 is 9.84 Å². The molecule has 0 saturated carbocycles. The first-order chi connectivity index (χ1) is 10.6. The summed E-state index contributed by atoms with van der Waals surface area (Å²) in [5.74, 6) is -0.0936. The number of rotatable bonds is 15. The van der Waals surface area contributed by atoms with E-state index in [2.05, 4.69) is 19.6 Å². The van der Waals surface area contributed by atoms with E-state index in [1.165, 1.54) is 12.8 Å². The largest absolute Gasteiger partial charge is 0.481 e. The molecule has 0 saturated heterocycles. The van der Waals surface area contributed by atoms with E-state index >= 15 is 0 Å². The van der Waals surface area contributed by atoms with Crippen LogP contribution in [-0.2, 0) is 14.3 Å². The highest BCUT2D eigenvalue weighted by Crippen LogP contribution is 2.14. The Bertz CT molecular complexity index is 294. The molecule has 0 aliphatic rings. The number of hydrogen-bond acceptors (Lipinski definition) is 4. The maximum Gasteiger partial charge on any atom is 0.306 e. The van der Waals surface area contributed by atoms with Gasteiger partial charge in [0.15, 0.2) is 0 Å². The lowest BCUT2D eigenvalue weighted by atomic mass is 10.1. The Morgan fingerprint density at radius 3 is 2.18 bits per heavy atom. The molecule has 130 valence electrons. The number of carbonyl (C=O) groups is 2. The molecule has 0 spiro atoms. The summed E-state index contributed by atoms with van der Waals surface area (Å²) in [4.78, 5) is 22.2. The lowest BCUT2D eigenvalue weighted by molar-refractivity contribution is -0.149. The van der Waals surface area contributed by atoms with Gasteiger partial charge in [0.25, 0.3) is 0 Å². The fourth-order valence-electron chi connectivity index (χ4n) is 2.35. The van der Waals surface area contributed by atoms with E-state index in [1.807, 2.05) is 0 Å². The van der Waals surface area contributed by atoms with Crippen LogP contribution < -0.4 is 0 Å². The Labute approximate surface area is 140 Å². The van der Waals surface area contributed by atoms with E-state index in [0.717, 1.165) is 57.1 Å². The van der Waals surface area contributed by atoms with Gasteiger partial charge in [-0.25, -0.2) is 0 Å². The third-order valence-corrected chi connectivity index (χ3v) is 3.91. The van der Waals surface area contributed by atoms with Crippen molar-refractivity contribution in [1.29, 1.82) is 0 Å². The topological polar surface area (TPSA) is 63.6 Å². The van der Waals surface area contributed by atoms with E-state index in [0.29, 0.717) is 6.42 Å². The highest BCUT2D eigenvalue weighted by molar-refractivity contribution is 7.80. The quantitative estimate of drug-likeness (QED) is 0.261. The fourth-order valence-corrected chi connectivity index (χ4v) is 2.64. The summed E-state index contributed by atoms with van der Waals surface area (Å²) in [5, 5.41) is 8.53. The van der Waals surface area contributed by atoms with Gasteiger partial charge >= 0.3 is 11.9 Å². The van der Waals surface area contributed by atoms with E-state index in [9.17, 15) is 9.59 Å². The summed E-state index contributed by atoms with van der Waals surface area (Å²) in [6, 6.07) is 0. The molecule has 0 aromatic heterocycles. The van der Waals surface area contributed by atoms with Gasteiger partial charge in [-0.05, 0) is 37.9 Å². The Kier molecular flexibility index (Phi) is 14.7. The second-order valence-corrected chi connectivity index (χ2v) is 6.23. The van der Waals surface area contributed by atoms with E-state index in [1.54, 1.807) is 0 Å². The summed E-state index contributed by atoms with van der Waals surface area (Å²) in [7, 11) is 0. The Morgan fingerprint density at radius 2 is 1.59 bits per heavy atom. The van der Waals surface area contributed by atoms with Crippen LogP contribution in [0.3, 0.4) is 0 Å². The Hall–Kier alpha value is -0.710. The third kappa shape index (κ3) is 14.2. The molecule has 0 amide bonds. The highest BCUT2D eigenvalue weighted by atomic mass is 32.1. The average Bonchev–Trinajstić information content (AvgIpc) is 2.46. The molecule has 4 nitrogen and oxygen atoms in total. The number of hydrogen-bond donors (Lipinski definition) is 2. The number of ether oxygens (including phenoxy) is 1. The third-order valence-electron chi connectivity index (χ3n) is 3.65. The van der Waals surface area contributed by atoms with Crippen LogP contribution in [0.15, 0.2) is 0 Å². The van der Waals surface area contributed by atoms with Crippen molar-refractivity contribution in [2.24, 2.45) is 0 Å². The summed E-state index contributed by atoms with van der Waals surface area (Å²) >= 11 is 4.23. The molecule has 22 heavy (non-hydrogen) atoms. The minimum atomic E-state index is -0.734.